The van der Waals surface area contributed by atoms with Gasteiger partial charge in [0.1, 0.15) is 29.4 Å². The van der Waals surface area contributed by atoms with E-state index in [2.05, 4.69) is 0 Å². The number of methoxy groups -OCH3 is 1. The molecule has 1 aliphatic carbocycles. The maximum atomic E-state index is 14.0. The van der Waals surface area contributed by atoms with Crippen LogP contribution in [0.3, 0.4) is 0 Å². The summed E-state index contributed by atoms with van der Waals surface area (Å²) in [5.41, 5.74) is 4.77. The highest BCUT2D eigenvalue weighted by molar-refractivity contribution is 6.15. The molecule has 154 valence electrons. The quantitative estimate of drug-likeness (QED) is 0.740. The Balaban J connectivity index is 2.08. The van der Waals surface area contributed by atoms with Gasteiger partial charge in [-0.1, -0.05) is 32.0 Å². The number of nitrogens with two attached hydrogens (primary N) is 1. The molecule has 0 unspecified atom stereocenters. The number of amides is 1. The topological polar surface area (TPSA) is 123 Å². The standard InChI is InChI=1S/C22H21N3O5/c1-21(2)8-14-18(15(26)9-21)22(20(28)25(14)11-17(27)29-3)12-6-4-5-7-16(12)30-19(24)13(22)10-23/h4-7H,8-9,11,24H2,1-3H3/t22-/m1/s1. The molecule has 0 radical (unpaired) electrons. The number of carbonyl (C=O) groups excluding carboxylic acids is 3. The minimum atomic E-state index is -1.73. The van der Waals surface area contributed by atoms with Gasteiger partial charge in [-0.3, -0.25) is 14.4 Å². The third-order valence-corrected chi connectivity index (χ3v) is 5.88. The fourth-order valence-corrected chi connectivity index (χ4v) is 4.71. The fraction of sp³-hybridized carbons (Fsp3) is 0.364. The predicted molar refractivity (Wildman–Crippen MR) is 104 cm³/mol. The zero-order chi connectivity index (χ0) is 21.8. The van der Waals surface area contributed by atoms with Crippen molar-refractivity contribution in [3.8, 4) is 11.8 Å². The molecule has 8 heteroatoms. The molecule has 1 aromatic carbocycles. The van der Waals surface area contributed by atoms with Gasteiger partial charge in [0, 0.05) is 23.3 Å². The number of nitriles is 1. The van der Waals surface area contributed by atoms with Crippen molar-refractivity contribution in [2.24, 2.45) is 11.1 Å². The van der Waals surface area contributed by atoms with Crippen molar-refractivity contribution >= 4 is 17.7 Å². The van der Waals surface area contributed by atoms with E-state index in [1.807, 2.05) is 19.9 Å². The SMILES string of the molecule is COC(=O)CN1C(=O)[C@]2(C(C#N)=C(N)Oc3ccccc32)C2=C1CC(C)(C)CC2=O. The number of ether oxygens (including phenoxy) is 2. The van der Waals surface area contributed by atoms with Gasteiger partial charge in [0.05, 0.1) is 7.11 Å². The molecule has 1 atom stereocenters. The maximum absolute atomic E-state index is 14.0. The van der Waals surface area contributed by atoms with E-state index in [1.165, 1.54) is 12.0 Å². The second kappa shape index (κ2) is 6.46. The lowest BCUT2D eigenvalue weighted by Gasteiger charge is -2.37. The van der Waals surface area contributed by atoms with Gasteiger partial charge in [0.25, 0.3) is 0 Å². The molecule has 0 aromatic heterocycles. The van der Waals surface area contributed by atoms with Crippen LogP contribution >= 0.6 is 0 Å². The Hall–Kier alpha value is -3.60. The Bertz CT molecular complexity index is 1110. The van der Waals surface area contributed by atoms with Crippen LogP contribution < -0.4 is 10.5 Å². The first-order valence-corrected chi connectivity index (χ1v) is 9.50. The number of carbonyl (C=O) groups is 3. The van der Waals surface area contributed by atoms with E-state index in [-0.39, 0.29) is 35.8 Å². The Morgan fingerprint density at radius 3 is 2.67 bits per heavy atom. The molecule has 4 rings (SSSR count). The van der Waals surface area contributed by atoms with E-state index in [0.29, 0.717) is 23.4 Å². The van der Waals surface area contributed by atoms with E-state index < -0.39 is 22.7 Å². The van der Waals surface area contributed by atoms with Crippen LogP contribution in [0.25, 0.3) is 0 Å². The third-order valence-electron chi connectivity index (χ3n) is 5.88. The zero-order valence-corrected chi connectivity index (χ0v) is 16.9. The van der Waals surface area contributed by atoms with Crippen molar-refractivity contribution < 1.29 is 23.9 Å². The molecular weight excluding hydrogens is 386 g/mol. The van der Waals surface area contributed by atoms with Crippen molar-refractivity contribution in [3.05, 3.63) is 52.6 Å². The lowest BCUT2D eigenvalue weighted by Crippen LogP contribution is -2.47. The molecule has 0 saturated carbocycles. The molecule has 1 spiro atoms. The zero-order valence-electron chi connectivity index (χ0n) is 16.9. The molecule has 2 heterocycles. The molecule has 1 amide bonds. The number of nitrogens with zero attached hydrogens (tertiary/aromatic N) is 2. The minimum Gasteiger partial charge on any atom is -0.468 e. The average Bonchev–Trinajstić information content (AvgIpc) is 2.90. The lowest BCUT2D eigenvalue weighted by molar-refractivity contribution is -0.146. The predicted octanol–water partition coefficient (Wildman–Crippen LogP) is 1.67. The summed E-state index contributed by atoms with van der Waals surface area (Å²) in [6.45, 7) is 3.49. The van der Waals surface area contributed by atoms with Gasteiger partial charge < -0.3 is 20.1 Å². The number of hydrogen-bond donors (Lipinski definition) is 1. The number of allylic oxidation sites excluding steroid dienone is 1. The molecular formula is C22H21N3O5. The van der Waals surface area contributed by atoms with Crippen LogP contribution in [0, 0.1) is 16.7 Å². The first-order valence-electron chi connectivity index (χ1n) is 9.50. The third kappa shape index (κ3) is 2.48. The summed E-state index contributed by atoms with van der Waals surface area (Å²) >= 11 is 0. The minimum absolute atomic E-state index is 0.140. The molecule has 1 aromatic rings. The molecule has 8 nitrogen and oxygen atoms in total. The smallest absolute Gasteiger partial charge is 0.325 e. The fourth-order valence-electron chi connectivity index (χ4n) is 4.71. The van der Waals surface area contributed by atoms with Gasteiger partial charge in [0.15, 0.2) is 5.78 Å². The summed E-state index contributed by atoms with van der Waals surface area (Å²) in [4.78, 5) is 40.8. The van der Waals surface area contributed by atoms with Crippen LogP contribution in [0.4, 0.5) is 0 Å². The van der Waals surface area contributed by atoms with Crippen LogP contribution in [0.1, 0.15) is 32.3 Å². The van der Waals surface area contributed by atoms with Gasteiger partial charge >= 0.3 is 5.97 Å². The summed E-state index contributed by atoms with van der Waals surface area (Å²) in [6, 6.07) is 8.69. The van der Waals surface area contributed by atoms with Gasteiger partial charge in [-0.15, -0.1) is 0 Å². The molecule has 0 bridgehead atoms. The van der Waals surface area contributed by atoms with Crippen molar-refractivity contribution in [2.75, 3.05) is 13.7 Å². The number of Topliss-reactive ketones (excluding diaryl/α,β-unsaturated/α-hetero) is 1. The number of fused-ring (bicyclic) bond motifs is 3. The van der Waals surface area contributed by atoms with Crippen LogP contribution in [-0.4, -0.2) is 36.2 Å². The first kappa shape index (κ1) is 19.7. The second-order valence-electron chi connectivity index (χ2n) is 8.43. The number of ketones is 1. The average molecular weight is 407 g/mol. The molecule has 2 N–H and O–H groups in total. The highest BCUT2D eigenvalue weighted by atomic mass is 16.5. The summed E-state index contributed by atoms with van der Waals surface area (Å²) in [5.74, 6) is -1.38. The summed E-state index contributed by atoms with van der Waals surface area (Å²) in [7, 11) is 1.23. The number of para-hydroxylation sites is 1. The Morgan fingerprint density at radius 1 is 1.30 bits per heavy atom. The maximum Gasteiger partial charge on any atom is 0.325 e. The largest absolute Gasteiger partial charge is 0.468 e. The Morgan fingerprint density at radius 2 is 2.00 bits per heavy atom. The van der Waals surface area contributed by atoms with Crippen LogP contribution in [-0.2, 0) is 24.5 Å². The van der Waals surface area contributed by atoms with Gasteiger partial charge in [-0.05, 0) is 17.9 Å². The summed E-state index contributed by atoms with van der Waals surface area (Å²) < 4.78 is 10.4. The van der Waals surface area contributed by atoms with Gasteiger partial charge in [-0.2, -0.15) is 5.26 Å². The molecule has 2 aliphatic heterocycles. The van der Waals surface area contributed by atoms with Crippen molar-refractivity contribution in [1.29, 1.82) is 5.26 Å². The summed E-state index contributed by atoms with van der Waals surface area (Å²) in [5, 5.41) is 9.96. The molecule has 3 aliphatic rings. The van der Waals surface area contributed by atoms with Crippen molar-refractivity contribution in [3.63, 3.8) is 0 Å². The first-order chi connectivity index (χ1) is 14.2. The van der Waals surface area contributed by atoms with Crippen LogP contribution in [0.15, 0.2) is 47.0 Å². The number of rotatable bonds is 2. The molecule has 0 fully saturated rings. The van der Waals surface area contributed by atoms with Crippen molar-refractivity contribution in [1.82, 2.24) is 4.90 Å². The molecule has 0 saturated heterocycles. The normalized spacial score (nSPS) is 24.4. The van der Waals surface area contributed by atoms with Crippen LogP contribution in [0.5, 0.6) is 5.75 Å². The summed E-state index contributed by atoms with van der Waals surface area (Å²) in [6.07, 6.45) is 0.592. The Labute approximate surface area is 173 Å². The molecule has 30 heavy (non-hydrogen) atoms. The van der Waals surface area contributed by atoms with E-state index >= 15 is 0 Å². The number of esters is 1. The monoisotopic (exact) mass is 407 g/mol. The van der Waals surface area contributed by atoms with Gasteiger partial charge in [0.2, 0.25) is 11.8 Å². The van der Waals surface area contributed by atoms with Crippen molar-refractivity contribution in [2.45, 2.75) is 32.1 Å². The lowest BCUT2D eigenvalue weighted by atomic mass is 9.63. The van der Waals surface area contributed by atoms with E-state index in [1.54, 1.807) is 24.3 Å². The Kier molecular flexibility index (Phi) is 4.24. The van der Waals surface area contributed by atoms with E-state index in [0.717, 1.165) is 0 Å². The highest BCUT2D eigenvalue weighted by Gasteiger charge is 2.63. The van der Waals surface area contributed by atoms with Crippen LogP contribution in [0.2, 0.25) is 0 Å². The number of benzene rings is 1. The van der Waals surface area contributed by atoms with E-state index in [4.69, 9.17) is 15.2 Å². The highest BCUT2D eigenvalue weighted by Crippen LogP contribution is 2.57. The van der Waals surface area contributed by atoms with Gasteiger partial charge in [-0.25, -0.2) is 0 Å². The second-order valence-corrected chi connectivity index (χ2v) is 8.43. The van der Waals surface area contributed by atoms with E-state index in [9.17, 15) is 19.6 Å². The number of hydrogen-bond acceptors (Lipinski definition) is 7.